The Hall–Kier alpha value is -7.02. The lowest BCUT2D eigenvalue weighted by Crippen LogP contribution is -2.62. The van der Waals surface area contributed by atoms with Gasteiger partial charge >= 0.3 is 0 Å². The van der Waals surface area contributed by atoms with E-state index in [4.69, 9.17) is 4.74 Å². The van der Waals surface area contributed by atoms with Crippen molar-refractivity contribution in [3.63, 3.8) is 0 Å². The maximum absolute atomic E-state index is 14.8. The first kappa shape index (κ1) is 59.6. The van der Waals surface area contributed by atoms with Crippen LogP contribution < -0.4 is 37.2 Å². The fraction of sp³-hybridized carbons (Fsp3) is 0.492. The molecule has 1 fully saturated rings. The summed E-state index contributed by atoms with van der Waals surface area (Å²) in [6, 6.07) is 20.7. The molecule has 18 heteroatoms. The van der Waals surface area contributed by atoms with Crippen LogP contribution in [-0.2, 0) is 59.5 Å². The second-order valence-electron chi connectivity index (χ2n) is 23.5. The van der Waals surface area contributed by atoms with Crippen LogP contribution in [0.4, 0.5) is 10.1 Å². The molecule has 0 bridgehead atoms. The number of likely N-dealkylation sites (tertiary alicyclic amines) is 1. The summed E-state index contributed by atoms with van der Waals surface area (Å²) in [6.07, 6.45) is 2.47. The number of ether oxygens (including phenoxy) is 1. The van der Waals surface area contributed by atoms with Crippen LogP contribution in [0.15, 0.2) is 91.0 Å². The summed E-state index contributed by atoms with van der Waals surface area (Å²) in [6.45, 7) is 16.5. The van der Waals surface area contributed by atoms with Crippen LogP contribution in [0.5, 0.6) is 0 Å². The van der Waals surface area contributed by atoms with Crippen molar-refractivity contribution in [2.24, 2.45) is 10.8 Å². The number of carbonyl (C=O) groups excluding carboxylic acids is 7. The van der Waals surface area contributed by atoms with Gasteiger partial charge in [-0.05, 0) is 123 Å². The minimum Gasteiger partial charge on any atom is -0.372 e. The van der Waals surface area contributed by atoms with Gasteiger partial charge in [0.1, 0.15) is 30.0 Å². The fourth-order valence-corrected chi connectivity index (χ4v) is 10.5. The molecule has 2 heterocycles. The molecule has 7 N–H and O–H groups in total. The van der Waals surface area contributed by atoms with E-state index in [0.717, 1.165) is 36.0 Å². The Balaban J connectivity index is 1.05. The summed E-state index contributed by atoms with van der Waals surface area (Å²) in [5.74, 6) is -3.17. The molecule has 1 aliphatic carbocycles. The molecule has 79 heavy (non-hydrogen) atoms. The van der Waals surface area contributed by atoms with Crippen molar-refractivity contribution in [3.8, 4) is 0 Å². The highest BCUT2D eigenvalue weighted by Gasteiger charge is 2.47. The molecule has 0 spiro atoms. The van der Waals surface area contributed by atoms with Crippen LogP contribution in [0.3, 0.4) is 0 Å². The minimum atomic E-state index is -1.02. The third-order valence-corrected chi connectivity index (χ3v) is 15.6. The first-order valence-electron chi connectivity index (χ1n) is 27.5. The third kappa shape index (κ3) is 14.4. The minimum absolute atomic E-state index is 0.0141. The topological polar surface area (TPSA) is 219 Å². The normalized spacial score (nSPS) is 20.1. The number of fused-ring (bicyclic) bond motifs is 2. The fourth-order valence-electron chi connectivity index (χ4n) is 10.5. The number of anilines is 1. The number of hydrogen-bond donors (Lipinski definition) is 7. The molecule has 0 saturated carbocycles. The highest BCUT2D eigenvalue weighted by atomic mass is 19.1. The number of nitrogens with one attached hydrogen (secondary N) is 7. The molecule has 9 atom stereocenters. The van der Waals surface area contributed by atoms with Gasteiger partial charge in [0.2, 0.25) is 35.4 Å². The Morgan fingerprint density at radius 1 is 0.684 bits per heavy atom. The van der Waals surface area contributed by atoms with E-state index in [0.29, 0.717) is 22.4 Å². The summed E-state index contributed by atoms with van der Waals surface area (Å²) in [7, 11) is 3.32. The lowest BCUT2D eigenvalue weighted by Gasteiger charge is -2.41. The predicted octanol–water partition coefficient (Wildman–Crippen LogP) is 6.17. The highest BCUT2D eigenvalue weighted by molar-refractivity contribution is 6.04. The Labute approximate surface area is 464 Å². The molecule has 2 aliphatic heterocycles. The molecule has 1 saturated heterocycles. The average molecular weight is 1090 g/mol. The number of benzene rings is 4. The number of hydrogen-bond acceptors (Lipinski definition) is 10. The molecule has 7 amide bonds. The van der Waals surface area contributed by atoms with Crippen LogP contribution in [-0.4, -0.2) is 114 Å². The predicted molar refractivity (Wildman–Crippen MR) is 301 cm³/mol. The van der Waals surface area contributed by atoms with Crippen molar-refractivity contribution in [2.45, 2.75) is 162 Å². The number of likely N-dealkylation sites (N-methyl/N-ethyl adjacent to an activating group) is 2. The van der Waals surface area contributed by atoms with Gasteiger partial charge in [-0.2, -0.15) is 0 Å². The molecule has 4 aromatic rings. The van der Waals surface area contributed by atoms with Crippen LogP contribution in [0.25, 0.3) is 0 Å². The molecular formula is C61H80FN9O8. The van der Waals surface area contributed by atoms with Gasteiger partial charge in [0, 0.05) is 42.7 Å². The summed E-state index contributed by atoms with van der Waals surface area (Å²) >= 11 is 0. The van der Waals surface area contributed by atoms with Crippen molar-refractivity contribution < 1.29 is 42.7 Å². The van der Waals surface area contributed by atoms with Crippen molar-refractivity contribution in [1.82, 2.24) is 41.7 Å². The summed E-state index contributed by atoms with van der Waals surface area (Å²) in [5, 5.41) is 20.8. The van der Waals surface area contributed by atoms with E-state index in [-0.39, 0.29) is 62.2 Å². The molecule has 0 radical (unpaired) electrons. The second-order valence-corrected chi connectivity index (χ2v) is 23.5. The molecular weight excluding hydrogens is 1010 g/mol. The molecule has 17 nitrogen and oxygen atoms in total. The van der Waals surface area contributed by atoms with Gasteiger partial charge < -0.3 is 51.8 Å². The highest BCUT2D eigenvalue weighted by Crippen LogP contribution is 2.34. The van der Waals surface area contributed by atoms with Gasteiger partial charge in [0.05, 0.1) is 36.9 Å². The number of halogens is 1. The molecule has 424 valence electrons. The second kappa shape index (κ2) is 25.4. The van der Waals surface area contributed by atoms with E-state index in [2.05, 4.69) is 43.3 Å². The number of rotatable bonds is 18. The third-order valence-electron chi connectivity index (χ3n) is 15.6. The van der Waals surface area contributed by atoms with E-state index in [9.17, 15) is 38.0 Å². The monoisotopic (exact) mass is 1090 g/mol. The smallest absolute Gasteiger partial charge is 0.255 e. The first-order valence-corrected chi connectivity index (χ1v) is 27.5. The standard InChI is InChI=1S/C61H80FN9O8/c1-35(45-19-14-15-21-47(45)62)65-56(75)49-30-41-27-28-43(29-42(41)32-70(49)58(77)51(60(4,5)6)68-53(72)36(2)63-10)66-55(74)40-25-23-38(24-26-40)34-79-44-31-50(57(76)67-48-22-16-18-39-17-12-13-20-46(39)48)71(33-44)59(78)52(61(7,8)9)69-54(73)37(3)64-11/h12-15,17,19-21,23-29,35-37,44,48-52,63-64H,16,18,22,30-34H2,1-11H3,(H,65,75)(H,66,74)(H,67,76)(H,68,72)(H,69,73)/t35-,36+,37+,44+,48-,49+,50+,51-,52-/m1/s1. The molecule has 0 unspecified atom stereocenters. The van der Waals surface area contributed by atoms with Gasteiger partial charge in [-0.3, -0.25) is 33.6 Å². The SMILES string of the molecule is CN[C@@H](C)C(=O)N[C@H](C(=O)N1Cc2cc(NC(=O)c3ccc(CO[C@H]4C[C@@H](C(=O)N[C@@H]5CCCc6ccccc65)N(C(=O)[C@@H](NC(=O)[C@H](C)NC)C(C)(C)C)C4)cc3)ccc2C[C@H]1C(=O)N[C@H](C)c1ccccc1F)C(C)(C)C. The number of nitrogens with zero attached hydrogens (tertiary/aromatic N) is 2. The lowest BCUT2D eigenvalue weighted by molar-refractivity contribution is -0.147. The Kier molecular flexibility index (Phi) is 19.2. The Bertz CT molecular complexity index is 2880. The van der Waals surface area contributed by atoms with E-state index in [1.54, 1.807) is 94.4 Å². The lowest BCUT2D eigenvalue weighted by atomic mass is 9.84. The number of carbonyl (C=O) groups is 7. The van der Waals surface area contributed by atoms with Gasteiger partial charge in [0.15, 0.2) is 0 Å². The van der Waals surface area contributed by atoms with Crippen molar-refractivity contribution in [3.05, 3.63) is 136 Å². The van der Waals surface area contributed by atoms with Gasteiger partial charge in [0.25, 0.3) is 5.91 Å². The summed E-state index contributed by atoms with van der Waals surface area (Å²) in [4.78, 5) is 101. The Morgan fingerprint density at radius 3 is 1.91 bits per heavy atom. The van der Waals surface area contributed by atoms with E-state index in [1.807, 2.05) is 65.8 Å². The van der Waals surface area contributed by atoms with Crippen molar-refractivity contribution >= 4 is 47.0 Å². The molecule has 7 rings (SSSR count). The van der Waals surface area contributed by atoms with Gasteiger partial charge in [-0.15, -0.1) is 0 Å². The van der Waals surface area contributed by atoms with Crippen LogP contribution in [0.1, 0.15) is 137 Å². The zero-order valence-electron chi connectivity index (χ0n) is 47.6. The van der Waals surface area contributed by atoms with Crippen LogP contribution in [0.2, 0.25) is 0 Å². The molecule has 0 aromatic heterocycles. The maximum atomic E-state index is 14.8. The van der Waals surface area contributed by atoms with E-state index in [1.165, 1.54) is 16.5 Å². The summed E-state index contributed by atoms with van der Waals surface area (Å²) < 4.78 is 21.3. The number of aryl methyl sites for hydroxylation is 1. The van der Waals surface area contributed by atoms with E-state index < -0.39 is 82.8 Å². The van der Waals surface area contributed by atoms with Crippen molar-refractivity contribution in [2.75, 3.05) is 26.0 Å². The van der Waals surface area contributed by atoms with Crippen molar-refractivity contribution in [1.29, 1.82) is 0 Å². The average Bonchev–Trinajstić information content (AvgIpc) is 3.91. The number of amides is 7. The maximum Gasteiger partial charge on any atom is 0.255 e. The van der Waals surface area contributed by atoms with E-state index >= 15 is 0 Å². The Morgan fingerprint density at radius 2 is 1.29 bits per heavy atom. The van der Waals surface area contributed by atoms with Gasteiger partial charge in [-0.1, -0.05) is 102 Å². The van der Waals surface area contributed by atoms with Gasteiger partial charge in [-0.25, -0.2) is 4.39 Å². The molecule has 3 aliphatic rings. The van der Waals surface area contributed by atoms with Crippen LogP contribution >= 0.6 is 0 Å². The molecule has 4 aromatic carbocycles. The first-order chi connectivity index (χ1) is 37.4. The zero-order chi connectivity index (χ0) is 57.5. The quantitative estimate of drug-likeness (QED) is 0.0602. The zero-order valence-corrected chi connectivity index (χ0v) is 47.6. The summed E-state index contributed by atoms with van der Waals surface area (Å²) in [5.41, 5.74) is 4.17. The largest absolute Gasteiger partial charge is 0.372 e. The van der Waals surface area contributed by atoms with Crippen LogP contribution in [0, 0.1) is 16.6 Å².